The van der Waals surface area contributed by atoms with Gasteiger partial charge in [0.15, 0.2) is 0 Å². The molecular formula is C20H21FN3O6P. The zero-order valence-electron chi connectivity index (χ0n) is 16.3. The highest BCUT2D eigenvalue weighted by Gasteiger charge is 2.20. The van der Waals surface area contributed by atoms with Crippen molar-refractivity contribution in [3.05, 3.63) is 75.0 Å². The van der Waals surface area contributed by atoms with Crippen molar-refractivity contribution in [3.63, 3.8) is 0 Å². The number of carbonyl (C=O) groups is 1. The maximum atomic E-state index is 13.1. The summed E-state index contributed by atoms with van der Waals surface area (Å²) in [6.07, 6.45) is 1.62. The fourth-order valence-corrected chi connectivity index (χ4v) is 3.76. The summed E-state index contributed by atoms with van der Waals surface area (Å²) in [5, 5.41) is 12.2. The van der Waals surface area contributed by atoms with Crippen LogP contribution in [0.2, 0.25) is 0 Å². The van der Waals surface area contributed by atoms with Crippen LogP contribution in [0.1, 0.15) is 33.5 Å². The van der Waals surface area contributed by atoms with E-state index in [9.17, 15) is 23.7 Å². The van der Waals surface area contributed by atoms with Crippen LogP contribution in [-0.4, -0.2) is 43.5 Å². The van der Waals surface area contributed by atoms with Gasteiger partial charge >= 0.3 is 7.60 Å². The van der Waals surface area contributed by atoms with Gasteiger partial charge in [-0.25, -0.2) is 4.39 Å². The van der Waals surface area contributed by atoms with Crippen LogP contribution in [0, 0.1) is 5.82 Å². The van der Waals surface area contributed by atoms with E-state index in [2.05, 4.69) is 15.3 Å². The molecular weight excluding hydrogens is 428 g/mol. The molecule has 1 aromatic carbocycles. The Balaban J connectivity index is 1.86. The molecule has 0 spiro atoms. The third-order valence-electron chi connectivity index (χ3n) is 4.63. The largest absolute Gasteiger partial charge is 0.392 e. The number of hydrogen-bond acceptors (Lipinski definition) is 5. The number of aromatic amines is 1. The van der Waals surface area contributed by atoms with Crippen LogP contribution in [0.5, 0.6) is 0 Å². The monoisotopic (exact) mass is 449 g/mol. The Hall–Kier alpha value is -2.91. The molecule has 164 valence electrons. The maximum absolute atomic E-state index is 13.1. The number of hydrogen-bond donors (Lipinski definition) is 5. The average Bonchev–Trinajstić information content (AvgIpc) is 2.71. The number of pyridine rings is 2. The lowest BCUT2D eigenvalue weighted by Gasteiger charge is -2.11. The lowest BCUT2D eigenvalue weighted by molar-refractivity contribution is 0.0949. The van der Waals surface area contributed by atoms with E-state index in [0.29, 0.717) is 11.9 Å². The second-order valence-electron chi connectivity index (χ2n) is 7.01. The Morgan fingerprint density at radius 1 is 1.19 bits per heavy atom. The molecule has 2 aromatic heterocycles. The molecule has 0 bridgehead atoms. The molecule has 3 aromatic rings. The molecule has 0 aliphatic heterocycles. The highest BCUT2D eigenvalue weighted by molar-refractivity contribution is 7.51. The highest BCUT2D eigenvalue weighted by atomic mass is 31.2. The number of amides is 1. The van der Waals surface area contributed by atoms with Crippen LogP contribution in [0.4, 0.5) is 4.39 Å². The number of rotatable bonds is 8. The molecule has 0 atom stereocenters. The molecule has 9 nitrogen and oxygen atoms in total. The normalized spacial score (nSPS) is 11.6. The molecule has 0 fully saturated rings. The first-order chi connectivity index (χ1) is 14.7. The summed E-state index contributed by atoms with van der Waals surface area (Å²) >= 11 is 0. The van der Waals surface area contributed by atoms with E-state index in [1.807, 2.05) is 0 Å². The number of halogens is 1. The van der Waals surface area contributed by atoms with E-state index < -0.39 is 31.8 Å². The number of aliphatic hydroxyl groups excluding tert-OH is 1. The predicted molar refractivity (Wildman–Crippen MR) is 111 cm³/mol. The Morgan fingerprint density at radius 3 is 2.55 bits per heavy atom. The summed E-state index contributed by atoms with van der Waals surface area (Å²) in [6, 6.07) is 7.65. The van der Waals surface area contributed by atoms with Crippen LogP contribution in [0.25, 0.3) is 11.0 Å². The number of nitrogens with one attached hydrogen (secondary N) is 2. The van der Waals surface area contributed by atoms with E-state index >= 15 is 0 Å². The van der Waals surface area contributed by atoms with Gasteiger partial charge in [-0.2, -0.15) is 0 Å². The van der Waals surface area contributed by atoms with Gasteiger partial charge in [0, 0.05) is 18.3 Å². The molecule has 0 saturated carbocycles. The van der Waals surface area contributed by atoms with Crippen molar-refractivity contribution in [1.82, 2.24) is 15.3 Å². The summed E-state index contributed by atoms with van der Waals surface area (Å²) in [6.45, 7) is -0.647. The van der Waals surface area contributed by atoms with E-state index in [1.165, 1.54) is 12.1 Å². The number of fused-ring (bicyclic) bond motifs is 1. The fourth-order valence-electron chi connectivity index (χ4n) is 3.19. The topological polar surface area (TPSA) is 153 Å². The van der Waals surface area contributed by atoms with Crippen LogP contribution >= 0.6 is 7.60 Å². The van der Waals surface area contributed by atoms with Crippen molar-refractivity contribution in [2.24, 2.45) is 0 Å². The van der Waals surface area contributed by atoms with Gasteiger partial charge in [-0.1, -0.05) is 12.1 Å². The summed E-state index contributed by atoms with van der Waals surface area (Å²) in [5.74, 6) is -1.11. The molecule has 0 aliphatic rings. The number of benzene rings is 1. The SMILES string of the molecule is O=C(NCCCP(=O)(O)O)c1c(CO)c2ncc(Cc3ccc(F)cc3)cc2[nH]c1=O. The summed E-state index contributed by atoms with van der Waals surface area (Å²) in [7, 11) is -4.18. The third-order valence-corrected chi connectivity index (χ3v) is 5.52. The minimum Gasteiger partial charge on any atom is -0.392 e. The molecule has 0 unspecified atom stereocenters. The van der Waals surface area contributed by atoms with Crippen molar-refractivity contribution in [3.8, 4) is 0 Å². The Morgan fingerprint density at radius 2 is 1.90 bits per heavy atom. The van der Waals surface area contributed by atoms with Crippen LogP contribution in [0.3, 0.4) is 0 Å². The first-order valence-electron chi connectivity index (χ1n) is 9.40. The van der Waals surface area contributed by atoms with Crippen molar-refractivity contribution in [1.29, 1.82) is 0 Å². The smallest absolute Gasteiger partial charge is 0.325 e. The standard InChI is InChI=1S/C20H21FN3O6P/c21-14-4-2-12(3-5-14)8-13-9-16-18(23-10-13)15(11-25)17(20(27)24-16)19(26)22-6-1-7-31(28,29)30/h2-5,9-10,25H,1,6-8,11H2,(H,22,26)(H,24,27)(H2,28,29,30). The van der Waals surface area contributed by atoms with Gasteiger partial charge in [0.05, 0.1) is 23.8 Å². The number of carbonyl (C=O) groups excluding carboxylic acids is 1. The van der Waals surface area contributed by atoms with Gasteiger partial charge in [-0.15, -0.1) is 0 Å². The number of aromatic nitrogens is 2. The zero-order chi connectivity index (χ0) is 22.6. The molecule has 11 heteroatoms. The van der Waals surface area contributed by atoms with E-state index in [1.54, 1.807) is 24.4 Å². The first kappa shape index (κ1) is 22.8. The molecule has 3 rings (SSSR count). The van der Waals surface area contributed by atoms with Crippen LogP contribution in [0.15, 0.2) is 41.3 Å². The van der Waals surface area contributed by atoms with E-state index in [4.69, 9.17) is 9.79 Å². The highest BCUT2D eigenvalue weighted by Crippen LogP contribution is 2.34. The second kappa shape index (κ2) is 9.49. The molecule has 1 amide bonds. The Kier molecular flexibility index (Phi) is 6.97. The Labute approximate surface area is 176 Å². The van der Waals surface area contributed by atoms with Gasteiger partial charge in [0.25, 0.3) is 11.5 Å². The van der Waals surface area contributed by atoms with Crippen molar-refractivity contribution >= 4 is 24.5 Å². The van der Waals surface area contributed by atoms with E-state index in [-0.39, 0.29) is 35.4 Å². The minimum atomic E-state index is -4.18. The summed E-state index contributed by atoms with van der Waals surface area (Å²) < 4.78 is 23.9. The quantitative estimate of drug-likeness (QED) is 0.258. The Bertz CT molecular complexity index is 1210. The van der Waals surface area contributed by atoms with Crippen LogP contribution in [-0.2, 0) is 17.6 Å². The second-order valence-corrected chi connectivity index (χ2v) is 8.78. The lowest BCUT2D eigenvalue weighted by atomic mass is 10.0. The molecule has 0 radical (unpaired) electrons. The molecule has 0 saturated heterocycles. The molecule has 2 heterocycles. The summed E-state index contributed by atoms with van der Waals surface area (Å²) in [5.41, 5.74) is 1.22. The van der Waals surface area contributed by atoms with Crippen molar-refractivity contribution in [2.45, 2.75) is 19.4 Å². The van der Waals surface area contributed by atoms with Gasteiger partial charge in [-0.05, 0) is 42.2 Å². The first-order valence-corrected chi connectivity index (χ1v) is 11.2. The summed E-state index contributed by atoms with van der Waals surface area (Å²) in [4.78, 5) is 49.6. The molecule has 0 aliphatic carbocycles. The van der Waals surface area contributed by atoms with Crippen molar-refractivity contribution < 1.29 is 28.6 Å². The number of nitrogens with zero attached hydrogens (tertiary/aromatic N) is 1. The lowest BCUT2D eigenvalue weighted by Crippen LogP contribution is -2.32. The zero-order valence-corrected chi connectivity index (χ0v) is 17.2. The molecule has 5 N–H and O–H groups in total. The van der Waals surface area contributed by atoms with Gasteiger partial charge in [-0.3, -0.25) is 19.1 Å². The maximum Gasteiger partial charge on any atom is 0.325 e. The van der Waals surface area contributed by atoms with Gasteiger partial charge < -0.3 is 25.2 Å². The number of H-pyrrole nitrogens is 1. The third kappa shape index (κ3) is 5.83. The number of aliphatic hydroxyl groups is 1. The van der Waals surface area contributed by atoms with Crippen LogP contribution < -0.4 is 10.9 Å². The van der Waals surface area contributed by atoms with Gasteiger partial charge in [0.2, 0.25) is 0 Å². The minimum absolute atomic E-state index is 0.0287. The average molecular weight is 449 g/mol. The van der Waals surface area contributed by atoms with Crippen molar-refractivity contribution in [2.75, 3.05) is 12.7 Å². The van der Waals surface area contributed by atoms with Gasteiger partial charge in [0.1, 0.15) is 11.4 Å². The predicted octanol–water partition coefficient (Wildman–Crippen LogP) is 1.44. The molecule has 31 heavy (non-hydrogen) atoms. The fraction of sp³-hybridized carbons (Fsp3) is 0.250. The van der Waals surface area contributed by atoms with E-state index in [0.717, 1.165) is 11.1 Å².